The standard InChI is InChI=1S/C17H20N4O2.2ClH/c18-13-1-2-14(19-12-13)11-17(23)21-9-7-20(8-10-21)15-3-5-16(22)6-4-15;;/h1-6,12,22H,7-11,18H2;2*1H. The summed E-state index contributed by atoms with van der Waals surface area (Å²) in [6.07, 6.45) is 1.88. The van der Waals surface area contributed by atoms with E-state index in [1.54, 1.807) is 30.5 Å². The van der Waals surface area contributed by atoms with Gasteiger partial charge in [-0.15, -0.1) is 24.8 Å². The third-order valence-electron chi connectivity index (χ3n) is 4.03. The third-order valence-corrected chi connectivity index (χ3v) is 4.03. The first-order chi connectivity index (χ1) is 11.1. The van der Waals surface area contributed by atoms with Gasteiger partial charge in [0.1, 0.15) is 5.75 Å². The molecule has 1 aliphatic heterocycles. The van der Waals surface area contributed by atoms with Crippen molar-refractivity contribution in [2.45, 2.75) is 6.42 Å². The van der Waals surface area contributed by atoms with Gasteiger partial charge in [0.2, 0.25) is 5.91 Å². The Bertz CT molecular complexity index is 672. The van der Waals surface area contributed by atoms with E-state index in [2.05, 4.69) is 9.88 Å². The largest absolute Gasteiger partial charge is 0.508 e. The van der Waals surface area contributed by atoms with Gasteiger partial charge in [0.05, 0.1) is 18.3 Å². The fourth-order valence-electron chi connectivity index (χ4n) is 2.68. The molecule has 0 saturated carbocycles. The molecule has 1 saturated heterocycles. The Morgan fingerprint density at radius 3 is 2.24 bits per heavy atom. The number of aromatic hydroxyl groups is 1. The SMILES string of the molecule is Cl.Cl.Nc1ccc(CC(=O)N2CCN(c3ccc(O)cc3)CC2)nc1. The molecule has 0 radical (unpaired) electrons. The lowest BCUT2D eigenvalue weighted by atomic mass is 10.2. The molecule has 1 aromatic carbocycles. The molecule has 25 heavy (non-hydrogen) atoms. The molecule has 0 unspecified atom stereocenters. The molecule has 2 heterocycles. The van der Waals surface area contributed by atoms with E-state index in [-0.39, 0.29) is 36.5 Å². The lowest BCUT2D eigenvalue weighted by molar-refractivity contribution is -0.130. The van der Waals surface area contributed by atoms with Crippen LogP contribution in [0.5, 0.6) is 5.75 Å². The second-order valence-electron chi connectivity index (χ2n) is 5.64. The highest BCUT2D eigenvalue weighted by Crippen LogP contribution is 2.20. The monoisotopic (exact) mass is 384 g/mol. The number of halogens is 2. The van der Waals surface area contributed by atoms with Crippen molar-refractivity contribution in [1.29, 1.82) is 0 Å². The normalized spacial score (nSPS) is 13.6. The number of nitrogen functional groups attached to an aromatic ring is 1. The van der Waals surface area contributed by atoms with Crippen molar-refractivity contribution in [2.75, 3.05) is 36.8 Å². The van der Waals surface area contributed by atoms with Gasteiger partial charge in [0.15, 0.2) is 0 Å². The number of phenolic OH excluding ortho intramolecular Hbond substituents is 1. The van der Waals surface area contributed by atoms with Crippen molar-refractivity contribution < 1.29 is 9.90 Å². The van der Waals surface area contributed by atoms with Crippen LogP contribution < -0.4 is 10.6 Å². The predicted molar refractivity (Wildman–Crippen MR) is 104 cm³/mol. The van der Waals surface area contributed by atoms with Gasteiger partial charge in [-0.1, -0.05) is 0 Å². The quantitative estimate of drug-likeness (QED) is 0.846. The van der Waals surface area contributed by atoms with Gasteiger partial charge < -0.3 is 20.6 Å². The number of hydrogen-bond donors (Lipinski definition) is 2. The Morgan fingerprint density at radius 2 is 1.68 bits per heavy atom. The summed E-state index contributed by atoms with van der Waals surface area (Å²) in [5.74, 6) is 0.353. The van der Waals surface area contributed by atoms with Gasteiger partial charge in [-0.3, -0.25) is 9.78 Å². The second-order valence-corrected chi connectivity index (χ2v) is 5.64. The zero-order valence-corrected chi connectivity index (χ0v) is 15.3. The molecule has 3 rings (SSSR count). The Kier molecular flexibility index (Phi) is 7.80. The van der Waals surface area contributed by atoms with E-state index >= 15 is 0 Å². The lowest BCUT2D eigenvalue weighted by Gasteiger charge is -2.36. The molecule has 1 aliphatic rings. The van der Waals surface area contributed by atoms with Crippen molar-refractivity contribution >= 4 is 42.1 Å². The van der Waals surface area contributed by atoms with Crippen LogP contribution in [-0.4, -0.2) is 47.1 Å². The first-order valence-electron chi connectivity index (χ1n) is 7.64. The molecule has 1 amide bonds. The van der Waals surface area contributed by atoms with Gasteiger partial charge in [-0.2, -0.15) is 0 Å². The second kappa shape index (κ2) is 9.34. The van der Waals surface area contributed by atoms with Gasteiger partial charge in [-0.25, -0.2) is 0 Å². The van der Waals surface area contributed by atoms with Crippen molar-refractivity contribution in [1.82, 2.24) is 9.88 Å². The number of rotatable bonds is 3. The summed E-state index contributed by atoms with van der Waals surface area (Å²) < 4.78 is 0. The zero-order valence-electron chi connectivity index (χ0n) is 13.7. The molecular weight excluding hydrogens is 363 g/mol. The highest BCUT2D eigenvalue weighted by Gasteiger charge is 2.21. The third kappa shape index (κ3) is 5.41. The summed E-state index contributed by atoms with van der Waals surface area (Å²) in [7, 11) is 0. The number of nitrogens with two attached hydrogens (primary N) is 1. The van der Waals surface area contributed by atoms with Crippen LogP contribution in [0, 0.1) is 0 Å². The molecule has 6 nitrogen and oxygen atoms in total. The number of carbonyl (C=O) groups excluding carboxylic acids is 1. The Hall–Kier alpha value is -2.18. The maximum atomic E-state index is 12.3. The molecule has 3 N–H and O–H groups in total. The van der Waals surface area contributed by atoms with E-state index in [9.17, 15) is 9.90 Å². The number of piperazine rings is 1. The van der Waals surface area contributed by atoms with E-state index in [4.69, 9.17) is 5.73 Å². The minimum atomic E-state index is 0. The van der Waals surface area contributed by atoms with Crippen LogP contribution in [0.15, 0.2) is 42.6 Å². The van der Waals surface area contributed by atoms with Crippen molar-refractivity contribution in [2.24, 2.45) is 0 Å². The number of phenols is 1. The Balaban J connectivity index is 0.00000156. The number of amides is 1. The van der Waals surface area contributed by atoms with Crippen LogP contribution in [0.25, 0.3) is 0 Å². The molecule has 1 fully saturated rings. The first-order valence-corrected chi connectivity index (χ1v) is 7.64. The zero-order chi connectivity index (χ0) is 16.2. The van der Waals surface area contributed by atoms with Gasteiger partial charge in [0, 0.05) is 37.6 Å². The molecule has 136 valence electrons. The fourth-order valence-corrected chi connectivity index (χ4v) is 2.68. The fraction of sp³-hybridized carbons (Fsp3) is 0.294. The Morgan fingerprint density at radius 1 is 1.04 bits per heavy atom. The number of anilines is 2. The van der Waals surface area contributed by atoms with Crippen LogP contribution in [-0.2, 0) is 11.2 Å². The molecule has 1 aromatic heterocycles. The lowest BCUT2D eigenvalue weighted by Crippen LogP contribution is -2.49. The minimum Gasteiger partial charge on any atom is -0.508 e. The summed E-state index contributed by atoms with van der Waals surface area (Å²) in [6.45, 7) is 2.95. The maximum absolute atomic E-state index is 12.3. The summed E-state index contributed by atoms with van der Waals surface area (Å²) >= 11 is 0. The molecule has 0 spiro atoms. The average molecular weight is 385 g/mol. The highest BCUT2D eigenvalue weighted by atomic mass is 35.5. The number of aromatic nitrogens is 1. The molecule has 2 aromatic rings. The van der Waals surface area contributed by atoms with Crippen molar-refractivity contribution in [3.63, 3.8) is 0 Å². The van der Waals surface area contributed by atoms with Crippen molar-refractivity contribution in [3.8, 4) is 5.75 Å². The van der Waals surface area contributed by atoms with Crippen LogP contribution in [0.1, 0.15) is 5.69 Å². The van der Waals surface area contributed by atoms with Crippen LogP contribution in [0.3, 0.4) is 0 Å². The van der Waals surface area contributed by atoms with Crippen molar-refractivity contribution in [3.05, 3.63) is 48.3 Å². The summed E-state index contributed by atoms with van der Waals surface area (Å²) in [4.78, 5) is 20.6. The van der Waals surface area contributed by atoms with Gasteiger partial charge in [0.25, 0.3) is 0 Å². The van der Waals surface area contributed by atoms with E-state index in [0.717, 1.165) is 24.5 Å². The first kappa shape index (κ1) is 20.9. The molecule has 0 atom stereocenters. The molecule has 0 bridgehead atoms. The van der Waals surface area contributed by atoms with Crippen LogP contribution in [0.2, 0.25) is 0 Å². The number of hydrogen-bond acceptors (Lipinski definition) is 5. The van der Waals surface area contributed by atoms with E-state index in [1.165, 1.54) is 0 Å². The minimum absolute atomic E-state index is 0. The summed E-state index contributed by atoms with van der Waals surface area (Å²) in [5, 5.41) is 9.34. The smallest absolute Gasteiger partial charge is 0.228 e. The molecule has 8 heteroatoms. The highest BCUT2D eigenvalue weighted by molar-refractivity contribution is 5.85. The number of nitrogens with zero attached hydrogens (tertiary/aromatic N) is 3. The van der Waals surface area contributed by atoms with Gasteiger partial charge in [-0.05, 0) is 36.4 Å². The van der Waals surface area contributed by atoms with E-state index < -0.39 is 0 Å². The topological polar surface area (TPSA) is 82.7 Å². The van der Waals surface area contributed by atoms with Crippen LogP contribution >= 0.6 is 24.8 Å². The molecular formula is C17H22Cl2N4O2. The number of carbonyl (C=O) groups is 1. The predicted octanol–water partition coefficient (Wildman–Crippen LogP) is 2.10. The van der Waals surface area contributed by atoms with Gasteiger partial charge >= 0.3 is 0 Å². The van der Waals surface area contributed by atoms with E-state index in [0.29, 0.717) is 25.2 Å². The summed E-state index contributed by atoms with van der Waals surface area (Å²) in [5.41, 5.74) is 8.01. The molecule has 0 aliphatic carbocycles. The number of pyridine rings is 1. The van der Waals surface area contributed by atoms with Crippen LogP contribution in [0.4, 0.5) is 11.4 Å². The average Bonchev–Trinajstić information content (AvgIpc) is 2.58. The van der Waals surface area contributed by atoms with E-state index in [1.807, 2.05) is 17.0 Å². The Labute approximate surface area is 159 Å². The number of benzene rings is 1. The summed E-state index contributed by atoms with van der Waals surface area (Å²) in [6, 6.07) is 10.7. The maximum Gasteiger partial charge on any atom is 0.228 e.